The van der Waals surface area contributed by atoms with Crippen LogP contribution in [0.25, 0.3) is 0 Å². The number of rotatable bonds is 12. The number of aryl methyl sites for hydroxylation is 1. The third-order valence-corrected chi connectivity index (χ3v) is 9.71. The lowest BCUT2D eigenvalue weighted by Gasteiger charge is -2.40. The number of amides is 2. The van der Waals surface area contributed by atoms with Crippen LogP contribution in [0.2, 0.25) is 5.02 Å². The van der Waals surface area contributed by atoms with Gasteiger partial charge in [-0.15, -0.1) is 6.58 Å². The maximum Gasteiger partial charge on any atom is 0.313 e. The van der Waals surface area contributed by atoms with Gasteiger partial charge in [-0.1, -0.05) is 79.7 Å². The van der Waals surface area contributed by atoms with Gasteiger partial charge in [0.1, 0.15) is 24.2 Å². The number of benzene rings is 2. The Hall–Kier alpha value is -3.46. The summed E-state index contributed by atoms with van der Waals surface area (Å²) in [6, 6.07) is 13.0. The summed E-state index contributed by atoms with van der Waals surface area (Å²) in [5.74, 6) is -3.17. The molecule has 2 unspecified atom stereocenters. The lowest BCUT2D eigenvalue weighted by atomic mass is 9.65. The van der Waals surface area contributed by atoms with Crippen molar-refractivity contribution in [3.8, 4) is 0 Å². The first kappa shape index (κ1) is 31.0. The first-order valence-electron chi connectivity index (χ1n) is 14.8. The zero-order chi connectivity index (χ0) is 30.9. The van der Waals surface area contributed by atoms with Crippen LogP contribution in [0, 0.1) is 18.8 Å². The van der Waals surface area contributed by atoms with Crippen LogP contribution < -0.4 is 4.90 Å². The predicted molar refractivity (Wildman–Crippen MR) is 165 cm³/mol. The summed E-state index contributed by atoms with van der Waals surface area (Å²) >= 11 is 6.67. The van der Waals surface area contributed by atoms with Gasteiger partial charge in [0.2, 0.25) is 5.91 Å². The number of esters is 1. The highest BCUT2D eigenvalue weighted by molar-refractivity contribution is 6.34. The number of carbonyl (C=O) groups is 3. The Morgan fingerprint density at radius 1 is 1.19 bits per heavy atom. The average molecular weight is 607 g/mol. The number of hydrogen-bond donors (Lipinski definition) is 1. The second-order valence-electron chi connectivity index (χ2n) is 11.7. The van der Waals surface area contributed by atoms with Gasteiger partial charge < -0.3 is 24.4 Å². The molecule has 3 aliphatic heterocycles. The minimum atomic E-state index is -1.29. The Morgan fingerprint density at radius 3 is 2.56 bits per heavy atom. The summed E-state index contributed by atoms with van der Waals surface area (Å²) in [4.78, 5) is 46.3. The first-order chi connectivity index (χ1) is 20.7. The van der Waals surface area contributed by atoms with Gasteiger partial charge in [-0.05, 0) is 49.8 Å². The predicted octanol–water partition coefficient (Wildman–Crippen LogP) is 4.66. The molecule has 1 N–H and O–H groups in total. The zero-order valence-electron chi connectivity index (χ0n) is 24.7. The number of ether oxygens (including phenoxy) is 2. The van der Waals surface area contributed by atoms with E-state index in [0.717, 1.165) is 11.1 Å². The third-order valence-electron chi connectivity index (χ3n) is 9.40. The van der Waals surface area contributed by atoms with Crippen molar-refractivity contribution < 1.29 is 29.0 Å². The van der Waals surface area contributed by atoms with Crippen LogP contribution in [-0.4, -0.2) is 70.8 Å². The minimum Gasteiger partial charge on any atom is -0.461 e. The maximum atomic E-state index is 15.0. The van der Waals surface area contributed by atoms with Gasteiger partial charge in [0.15, 0.2) is 0 Å². The van der Waals surface area contributed by atoms with Crippen molar-refractivity contribution >= 4 is 35.1 Å². The molecule has 3 heterocycles. The maximum absolute atomic E-state index is 15.0. The number of carbonyl (C=O) groups excluding carboxylic acids is 3. The smallest absolute Gasteiger partial charge is 0.313 e. The van der Waals surface area contributed by atoms with Gasteiger partial charge in [0, 0.05) is 6.54 Å². The number of nitrogens with zero attached hydrogens (tertiary/aromatic N) is 2. The van der Waals surface area contributed by atoms with Crippen LogP contribution in [-0.2, 0) is 30.3 Å². The van der Waals surface area contributed by atoms with Crippen molar-refractivity contribution in [1.29, 1.82) is 0 Å². The van der Waals surface area contributed by atoms with E-state index in [-0.39, 0.29) is 19.8 Å². The highest BCUT2D eigenvalue weighted by atomic mass is 35.5. The fourth-order valence-electron chi connectivity index (χ4n) is 7.59. The molecule has 3 fully saturated rings. The number of likely N-dealkylation sites (tertiary alicyclic amines) is 1. The fourth-order valence-corrected chi connectivity index (χ4v) is 7.91. The standard InChI is InChI=1S/C34H39ClN2O6/c1-5-18-36(28-22(4)12-11-15-25(28)35)31(40)29-34-17-16-33(7-3,43-34)27(32(41)42-19-6-2)26(34)30(39)37(29)24(21-38)20-23-13-9-8-10-14-23/h5-6,8-15,24,26-27,29,38H,1-2,7,16-21H2,3-4H3/t24-,26+,27+,29?,33-,34?/m1/s1. The molecule has 2 bridgehead atoms. The Balaban J connectivity index is 1.67. The molecular weight excluding hydrogens is 568 g/mol. The second-order valence-corrected chi connectivity index (χ2v) is 12.1. The van der Waals surface area contributed by atoms with Crippen molar-refractivity contribution in [2.24, 2.45) is 11.8 Å². The van der Waals surface area contributed by atoms with E-state index in [1.807, 2.05) is 56.3 Å². The van der Waals surface area contributed by atoms with E-state index >= 15 is 0 Å². The van der Waals surface area contributed by atoms with E-state index in [2.05, 4.69) is 13.2 Å². The lowest BCUT2D eigenvalue weighted by Crippen LogP contribution is -2.59. The highest BCUT2D eigenvalue weighted by Gasteiger charge is 2.79. The molecule has 0 aromatic heterocycles. The van der Waals surface area contributed by atoms with Gasteiger partial charge in [0.25, 0.3) is 5.91 Å². The van der Waals surface area contributed by atoms with Crippen LogP contribution in [0.3, 0.4) is 0 Å². The second kappa shape index (κ2) is 12.3. The number of anilines is 1. The number of aliphatic hydroxyl groups is 1. The van der Waals surface area contributed by atoms with Crippen molar-refractivity contribution in [2.75, 3.05) is 24.7 Å². The monoisotopic (exact) mass is 606 g/mol. The molecule has 9 heteroatoms. The van der Waals surface area contributed by atoms with Gasteiger partial charge in [-0.3, -0.25) is 14.4 Å². The molecule has 0 saturated carbocycles. The molecule has 2 amide bonds. The topological polar surface area (TPSA) is 96.4 Å². The third kappa shape index (κ3) is 4.99. The highest BCUT2D eigenvalue weighted by Crippen LogP contribution is 2.65. The molecular formula is C34H39ClN2O6. The molecule has 2 aromatic carbocycles. The number of halogens is 1. The Labute approximate surface area is 257 Å². The van der Waals surface area contributed by atoms with E-state index < -0.39 is 52.9 Å². The number of para-hydroxylation sites is 1. The molecule has 43 heavy (non-hydrogen) atoms. The normalized spacial score (nSPS) is 28.0. The fraction of sp³-hybridized carbons (Fsp3) is 0.441. The summed E-state index contributed by atoms with van der Waals surface area (Å²) in [6.07, 6.45) is 4.78. The zero-order valence-corrected chi connectivity index (χ0v) is 25.5. The average Bonchev–Trinajstić information content (AvgIpc) is 3.62. The van der Waals surface area contributed by atoms with Crippen LogP contribution in [0.1, 0.15) is 37.3 Å². The molecule has 3 saturated heterocycles. The van der Waals surface area contributed by atoms with Crippen molar-refractivity contribution in [3.05, 3.63) is 90.0 Å². The van der Waals surface area contributed by atoms with E-state index in [0.29, 0.717) is 36.4 Å². The quantitative estimate of drug-likeness (QED) is 0.279. The van der Waals surface area contributed by atoms with Crippen LogP contribution in [0.15, 0.2) is 73.8 Å². The molecule has 6 atom stereocenters. The summed E-state index contributed by atoms with van der Waals surface area (Å²) in [5, 5.41) is 11.1. The van der Waals surface area contributed by atoms with Gasteiger partial charge in [-0.2, -0.15) is 0 Å². The van der Waals surface area contributed by atoms with E-state index in [9.17, 15) is 19.5 Å². The summed E-state index contributed by atoms with van der Waals surface area (Å²) < 4.78 is 12.4. The van der Waals surface area contributed by atoms with Crippen LogP contribution in [0.5, 0.6) is 0 Å². The molecule has 1 spiro atoms. The molecule has 8 nitrogen and oxygen atoms in total. The lowest BCUT2D eigenvalue weighted by molar-refractivity contribution is -0.161. The molecule has 0 radical (unpaired) electrons. The van der Waals surface area contributed by atoms with Crippen molar-refractivity contribution in [1.82, 2.24) is 4.90 Å². The summed E-state index contributed by atoms with van der Waals surface area (Å²) in [5.41, 5.74) is -0.0354. The van der Waals surface area contributed by atoms with Crippen molar-refractivity contribution in [2.45, 2.75) is 62.8 Å². The van der Waals surface area contributed by atoms with Crippen LogP contribution in [0.4, 0.5) is 5.69 Å². The van der Waals surface area contributed by atoms with E-state index in [1.54, 1.807) is 17.0 Å². The van der Waals surface area contributed by atoms with E-state index in [4.69, 9.17) is 21.1 Å². The molecule has 228 valence electrons. The molecule has 5 rings (SSSR count). The van der Waals surface area contributed by atoms with Gasteiger partial charge >= 0.3 is 5.97 Å². The SMILES string of the molecule is C=CCOC(=O)[C@@H]1[C@H]2C(=O)N([C@@H](CO)Cc3ccccc3)C(C(=O)N(CC=C)c3c(C)cccc3Cl)C23CC[C@@]1(CC)O3. The Kier molecular flexibility index (Phi) is 8.84. The van der Waals surface area contributed by atoms with E-state index in [1.165, 1.54) is 11.0 Å². The molecule has 2 aromatic rings. The minimum absolute atomic E-state index is 0.00127. The number of hydrogen-bond acceptors (Lipinski definition) is 6. The number of aliphatic hydroxyl groups excluding tert-OH is 1. The van der Waals surface area contributed by atoms with Gasteiger partial charge in [0.05, 0.1) is 34.9 Å². The van der Waals surface area contributed by atoms with Gasteiger partial charge in [-0.25, -0.2) is 0 Å². The summed E-state index contributed by atoms with van der Waals surface area (Å²) in [7, 11) is 0. The van der Waals surface area contributed by atoms with Crippen molar-refractivity contribution in [3.63, 3.8) is 0 Å². The molecule has 3 aliphatic rings. The Bertz CT molecular complexity index is 1390. The Morgan fingerprint density at radius 2 is 1.93 bits per heavy atom. The van der Waals surface area contributed by atoms with Crippen LogP contribution >= 0.6 is 11.6 Å². The first-order valence-corrected chi connectivity index (χ1v) is 15.2. The summed E-state index contributed by atoms with van der Waals surface area (Å²) in [6.45, 7) is 11.1. The number of fused-ring (bicyclic) bond motifs is 1. The largest absolute Gasteiger partial charge is 0.461 e. The molecule has 0 aliphatic carbocycles.